The molecule has 0 saturated carbocycles. The number of para-hydroxylation sites is 1. The van der Waals surface area contributed by atoms with Gasteiger partial charge in [0, 0.05) is 108 Å². The van der Waals surface area contributed by atoms with E-state index in [4.69, 9.17) is 14.4 Å². The molecule has 3 radical (unpaired) electrons. The molecule has 8 aromatic heterocycles. The summed E-state index contributed by atoms with van der Waals surface area (Å²) in [5.74, 6) is 0.625. The molecule has 0 bridgehead atoms. The molecule has 1 aliphatic rings. The van der Waals surface area contributed by atoms with Crippen molar-refractivity contribution in [1.82, 2.24) is 29.9 Å². The van der Waals surface area contributed by atoms with E-state index in [-0.39, 0.29) is 60.3 Å². The first-order valence-corrected chi connectivity index (χ1v) is 53.3. The number of hydrogen-bond donors (Lipinski definition) is 0. The first-order valence-electron chi connectivity index (χ1n) is 40.5. The summed E-state index contributed by atoms with van der Waals surface area (Å²) in [6.07, 6.45) is 12.7. The van der Waals surface area contributed by atoms with E-state index in [2.05, 4.69) is 284 Å². The number of sulfone groups is 1. The van der Waals surface area contributed by atoms with Crippen LogP contribution in [0.5, 0.6) is 0 Å². The van der Waals surface area contributed by atoms with E-state index in [0.29, 0.717) is 15.7 Å². The summed E-state index contributed by atoms with van der Waals surface area (Å²) in [6.45, 7) is 31.9. The zero-order valence-electron chi connectivity index (χ0n) is 71.5. The molecule has 9 heterocycles. The zero-order valence-corrected chi connectivity index (χ0v) is 83.3. The van der Waals surface area contributed by atoms with Crippen LogP contribution < -0.4 is 15.6 Å². The minimum Gasteiger partial charge on any atom is -0.500 e. The monoisotopic (exact) mass is 2230 g/mol. The Balaban J connectivity index is 0.000000148. The van der Waals surface area contributed by atoms with Crippen LogP contribution in [0.4, 0.5) is 0 Å². The Kier molecular flexibility index (Phi) is 31.5. The second kappa shape index (κ2) is 41.4. The molecule has 0 spiro atoms. The fraction of sp³-hybridized carbons (Fsp3) is 0.151. The number of thiophene rings is 1. The van der Waals surface area contributed by atoms with Gasteiger partial charge in [0.1, 0.15) is 5.58 Å². The topological polar surface area (TPSA) is 125 Å². The molecular formula is C106H96Ir3N6O3S2Si3-6. The molecular weight excluding hydrogens is 2130 g/mol. The van der Waals surface area contributed by atoms with Crippen LogP contribution in [0.25, 0.3) is 132 Å². The quantitative estimate of drug-likeness (QED) is 0.0868. The smallest absolute Gasteiger partial charge is 0.173 e. The van der Waals surface area contributed by atoms with Gasteiger partial charge in [-0.3, -0.25) is 0 Å². The van der Waals surface area contributed by atoms with Gasteiger partial charge in [0.25, 0.3) is 0 Å². The second-order valence-electron chi connectivity index (χ2n) is 33.5. The molecule has 10 aromatic carbocycles. The van der Waals surface area contributed by atoms with E-state index in [0.717, 1.165) is 107 Å². The summed E-state index contributed by atoms with van der Waals surface area (Å²) in [5.41, 5.74) is 22.8. The third kappa shape index (κ3) is 23.0. The van der Waals surface area contributed by atoms with Gasteiger partial charge in [-0.1, -0.05) is 239 Å². The van der Waals surface area contributed by atoms with E-state index in [1.54, 1.807) is 18.2 Å². The van der Waals surface area contributed by atoms with Gasteiger partial charge >= 0.3 is 0 Å². The van der Waals surface area contributed by atoms with Crippen LogP contribution in [0.15, 0.2) is 324 Å². The van der Waals surface area contributed by atoms with Crippen LogP contribution in [0, 0.1) is 63.1 Å². The van der Waals surface area contributed by atoms with Crippen molar-refractivity contribution >= 4 is 103 Å². The molecule has 0 saturated heterocycles. The van der Waals surface area contributed by atoms with Crippen molar-refractivity contribution < 1.29 is 73.2 Å². The Hall–Kier alpha value is -10.3. The van der Waals surface area contributed by atoms with E-state index < -0.39 is 34.1 Å². The summed E-state index contributed by atoms with van der Waals surface area (Å²) in [5, 5.41) is 9.03. The van der Waals surface area contributed by atoms with Crippen LogP contribution in [0.2, 0.25) is 58.9 Å². The van der Waals surface area contributed by atoms with E-state index in [9.17, 15) is 8.42 Å². The van der Waals surface area contributed by atoms with Crippen LogP contribution in [0.1, 0.15) is 36.1 Å². The van der Waals surface area contributed by atoms with Crippen molar-refractivity contribution in [1.29, 1.82) is 0 Å². The first kappa shape index (κ1) is 93.4. The van der Waals surface area contributed by atoms with Crippen molar-refractivity contribution in [2.24, 2.45) is 5.92 Å². The molecule has 0 fully saturated rings. The van der Waals surface area contributed by atoms with E-state index >= 15 is 0 Å². The number of rotatable bonds is 12. The van der Waals surface area contributed by atoms with Gasteiger partial charge in [0.2, 0.25) is 0 Å². The molecule has 123 heavy (non-hydrogen) atoms. The summed E-state index contributed by atoms with van der Waals surface area (Å²) in [4.78, 5) is 27.8. The maximum Gasteiger partial charge on any atom is 0.173 e. The van der Waals surface area contributed by atoms with Crippen molar-refractivity contribution in [3.8, 4) is 89.8 Å². The third-order valence-electron chi connectivity index (χ3n) is 20.7. The summed E-state index contributed by atoms with van der Waals surface area (Å²) >= 11 is 1.83. The average Bonchev–Trinajstić information content (AvgIpc) is 1.59. The molecule has 17 heteroatoms. The van der Waals surface area contributed by atoms with Gasteiger partial charge in [-0.05, 0) is 151 Å². The second-order valence-corrected chi connectivity index (χ2v) is 51.7. The molecule has 1 aliphatic heterocycles. The van der Waals surface area contributed by atoms with Crippen molar-refractivity contribution in [3.63, 3.8) is 0 Å². The van der Waals surface area contributed by atoms with Gasteiger partial charge in [0.05, 0.1) is 34.7 Å². The molecule has 0 unspecified atom stereocenters. The number of hydrogen-bond acceptors (Lipinski definition) is 10. The fourth-order valence-electron chi connectivity index (χ4n) is 14.4. The number of fused-ring (bicyclic) bond motifs is 9. The first-order chi connectivity index (χ1) is 57.7. The molecule has 9 nitrogen and oxygen atoms in total. The predicted octanol–water partition coefficient (Wildman–Crippen LogP) is 25.8. The predicted molar refractivity (Wildman–Crippen MR) is 509 cm³/mol. The Morgan fingerprint density at radius 2 is 0.837 bits per heavy atom. The minimum atomic E-state index is -3.44. The van der Waals surface area contributed by atoms with Crippen molar-refractivity contribution in [2.45, 2.75) is 110 Å². The molecule has 625 valence electrons. The van der Waals surface area contributed by atoms with Crippen LogP contribution >= 0.6 is 11.3 Å². The number of furan rings is 1. The maximum absolute atomic E-state index is 12.6. The van der Waals surface area contributed by atoms with Crippen LogP contribution in [0.3, 0.4) is 0 Å². The average molecular weight is 2230 g/mol. The Morgan fingerprint density at radius 3 is 1.37 bits per heavy atom. The van der Waals surface area contributed by atoms with Crippen molar-refractivity contribution in [3.05, 3.63) is 369 Å². The minimum absolute atomic E-state index is 0. The molecule has 0 N–H and O–H groups in total. The van der Waals surface area contributed by atoms with Crippen LogP contribution in [-0.4, -0.2) is 62.5 Å². The van der Waals surface area contributed by atoms with Gasteiger partial charge in [0.15, 0.2) is 9.84 Å². The number of nitrogens with zero attached hydrogens (tertiary/aromatic N) is 6. The summed E-state index contributed by atoms with van der Waals surface area (Å²) in [6, 6.07) is 110. The maximum atomic E-state index is 12.6. The standard InChI is InChI=1S/C26H22NSSi.C24H26NOSi.C20H18NO2SSi.3C12H10N.3Ir/c1-29(2,3)26-17-27-23(16-21(26)18-9-5-4-6-10-18)19-13-14-25-22(15-19)20-11-7-8-12-24(20)28-25;1-16(2)12-18-14-21(25-15-24(18)27(3,4)5)17-10-11-23-20(13-17)19-8-6-7-9-22(19)26-23;1-25(2,3)15-9-10-18(21-13-15)14-8-11-20-17(12-14)16-6-4-5-7-19(16)24(20,22)23;3*1-10-7-8-13-12(9-10)11-5-3-2-4-6-11;;;/h4-12,14-17H,1-3H3;6-9,11,13-16H,12H2,1-5H3;4-7,9-13H,1-3H3;3*2-5,7-9H,1H3;;;/q6*-1;;;. The number of aromatic nitrogens is 6. The Morgan fingerprint density at radius 1 is 0.358 bits per heavy atom. The zero-order chi connectivity index (χ0) is 84.3. The van der Waals surface area contributed by atoms with E-state index in [1.807, 2.05) is 170 Å². The number of benzene rings is 10. The van der Waals surface area contributed by atoms with Gasteiger partial charge in [-0.2, -0.15) is 11.3 Å². The normalized spacial score (nSPS) is 11.7. The van der Waals surface area contributed by atoms with Gasteiger partial charge < -0.3 is 34.3 Å². The number of aryl methyl sites for hydroxylation is 3. The Labute approximate surface area is 773 Å². The molecule has 18 aromatic rings. The van der Waals surface area contributed by atoms with Gasteiger partial charge in [-0.15, -0.1) is 179 Å². The molecule has 0 amide bonds. The summed E-state index contributed by atoms with van der Waals surface area (Å²) in [7, 11) is -7.78. The van der Waals surface area contributed by atoms with Crippen molar-refractivity contribution in [2.75, 3.05) is 0 Å². The SMILES string of the molecule is CC(C)Cc1cc(-c2[c-]cc3oc4ccccc4c3c2)ncc1[Si](C)(C)C.C[Si](C)(C)c1ccc(-c2[c-]cc3c(c2)-c2ccccc2S3(=O)=O)nc1.C[Si](C)(C)c1cnc(-c2[c-]cc3sc4ccccc4c3c2)cc1-c1ccccc1.Cc1ccnc(-c2[c-]cccc2)c1.Cc1ccnc(-c2[c-]cccc2)c1.Cc1ccnc(-c2[c-]cccc2)c1.[Ir].[Ir].[Ir]. The molecule has 19 rings (SSSR count). The largest absolute Gasteiger partial charge is 0.500 e. The Bertz CT molecular complexity index is 6550. The molecule has 0 atom stereocenters. The third-order valence-corrected chi connectivity index (χ3v) is 29.8. The fourth-order valence-corrected chi connectivity index (χ4v) is 21.2. The van der Waals surface area contributed by atoms with E-state index in [1.165, 1.54) is 69.1 Å². The summed E-state index contributed by atoms with van der Waals surface area (Å²) < 4.78 is 33.8. The molecule has 0 aliphatic carbocycles. The van der Waals surface area contributed by atoms with Crippen LogP contribution in [-0.2, 0) is 76.6 Å². The number of pyridine rings is 6. The van der Waals surface area contributed by atoms with Gasteiger partial charge in [-0.25, -0.2) is 8.42 Å².